The molecule has 2 heteroatoms. The highest BCUT2D eigenvalue weighted by Gasteiger charge is 2.19. The topological polar surface area (TPSA) is 16.4 Å². The van der Waals surface area contributed by atoms with Crippen molar-refractivity contribution in [3.63, 3.8) is 0 Å². The Balaban J connectivity index is 1.00. The Hall–Kier alpha value is -7.68. The monoisotopic (exact) mass is 739 g/mol. The maximum atomic E-state index is 6.41. The molecule has 272 valence electrons. The van der Waals surface area contributed by atoms with Crippen molar-refractivity contribution in [2.24, 2.45) is 0 Å². The van der Waals surface area contributed by atoms with Crippen molar-refractivity contribution in [3.8, 4) is 44.5 Å². The molecule has 11 aromatic rings. The fraction of sp³-hybridized carbons (Fsp3) is 0. The van der Waals surface area contributed by atoms with E-state index in [0.717, 1.165) is 60.9 Å². The van der Waals surface area contributed by atoms with Gasteiger partial charge in [0.05, 0.1) is 5.69 Å². The maximum Gasteiger partial charge on any atom is 0.143 e. The van der Waals surface area contributed by atoms with Crippen molar-refractivity contribution in [2.75, 3.05) is 4.90 Å². The van der Waals surface area contributed by atoms with Crippen LogP contribution in [0, 0.1) is 0 Å². The molecule has 0 aliphatic heterocycles. The van der Waals surface area contributed by atoms with E-state index in [1.54, 1.807) is 0 Å². The molecule has 10 aromatic carbocycles. The molecule has 1 heterocycles. The summed E-state index contributed by atoms with van der Waals surface area (Å²) >= 11 is 0. The van der Waals surface area contributed by atoms with Gasteiger partial charge in [0.1, 0.15) is 11.2 Å². The number of para-hydroxylation sites is 2. The molecule has 0 radical (unpaired) electrons. The first-order chi connectivity index (χ1) is 28.7. The number of hydrogen-bond acceptors (Lipinski definition) is 2. The van der Waals surface area contributed by atoms with E-state index in [1.165, 1.54) is 44.2 Å². The van der Waals surface area contributed by atoms with E-state index < -0.39 is 0 Å². The maximum absolute atomic E-state index is 6.41. The van der Waals surface area contributed by atoms with Crippen molar-refractivity contribution in [1.29, 1.82) is 0 Å². The summed E-state index contributed by atoms with van der Waals surface area (Å²) in [5.74, 6) is 0. The van der Waals surface area contributed by atoms with Crippen molar-refractivity contribution in [2.45, 2.75) is 0 Å². The van der Waals surface area contributed by atoms with E-state index in [-0.39, 0.29) is 0 Å². The minimum Gasteiger partial charge on any atom is -0.455 e. The van der Waals surface area contributed by atoms with Crippen LogP contribution in [0.5, 0.6) is 0 Å². The lowest BCUT2D eigenvalue weighted by Crippen LogP contribution is -2.11. The zero-order chi connectivity index (χ0) is 38.4. The predicted octanol–water partition coefficient (Wildman–Crippen LogP) is 16.0. The first-order valence-electron chi connectivity index (χ1n) is 19.8. The summed E-state index contributed by atoms with van der Waals surface area (Å²) in [6, 6.07) is 80.7. The van der Waals surface area contributed by atoms with E-state index in [2.05, 4.69) is 217 Å². The average molecular weight is 740 g/mol. The molecule has 58 heavy (non-hydrogen) atoms. The molecule has 0 aliphatic carbocycles. The summed E-state index contributed by atoms with van der Waals surface area (Å²) in [7, 11) is 0. The minimum atomic E-state index is 0.914. The van der Waals surface area contributed by atoms with Gasteiger partial charge in [-0.15, -0.1) is 0 Å². The first kappa shape index (κ1) is 33.6. The van der Waals surface area contributed by atoms with E-state index in [4.69, 9.17) is 4.42 Å². The van der Waals surface area contributed by atoms with Crippen LogP contribution in [0.15, 0.2) is 229 Å². The fourth-order valence-electron chi connectivity index (χ4n) is 8.48. The first-order valence-corrected chi connectivity index (χ1v) is 19.8. The highest BCUT2D eigenvalue weighted by Crippen LogP contribution is 2.43. The lowest BCUT2D eigenvalue weighted by Gasteiger charge is -2.28. The summed E-state index contributed by atoms with van der Waals surface area (Å²) in [6.45, 7) is 0. The molecule has 0 saturated carbocycles. The largest absolute Gasteiger partial charge is 0.455 e. The number of rotatable bonds is 7. The second kappa shape index (κ2) is 14.1. The van der Waals surface area contributed by atoms with Crippen LogP contribution < -0.4 is 4.90 Å². The second-order valence-corrected chi connectivity index (χ2v) is 14.9. The third-order valence-electron chi connectivity index (χ3n) is 11.5. The summed E-state index contributed by atoms with van der Waals surface area (Å²) in [5.41, 5.74) is 14.6. The van der Waals surface area contributed by atoms with Gasteiger partial charge in [-0.1, -0.05) is 164 Å². The van der Waals surface area contributed by atoms with Crippen molar-refractivity contribution in [3.05, 3.63) is 224 Å². The van der Waals surface area contributed by atoms with Gasteiger partial charge < -0.3 is 9.32 Å². The van der Waals surface area contributed by atoms with Gasteiger partial charge in [0.15, 0.2) is 0 Å². The number of fused-ring (bicyclic) bond motifs is 6. The molecule has 0 N–H and O–H groups in total. The zero-order valence-electron chi connectivity index (χ0n) is 31.7. The summed E-state index contributed by atoms with van der Waals surface area (Å²) < 4.78 is 6.41. The molecule has 0 atom stereocenters. The van der Waals surface area contributed by atoms with Gasteiger partial charge in [-0.2, -0.15) is 0 Å². The molecule has 11 rings (SSSR count). The molecule has 0 fully saturated rings. The number of anilines is 3. The van der Waals surface area contributed by atoms with Gasteiger partial charge in [0, 0.05) is 33.1 Å². The van der Waals surface area contributed by atoms with Crippen LogP contribution >= 0.6 is 0 Å². The number of nitrogens with zero attached hydrogens (tertiary/aromatic N) is 1. The molecule has 0 aliphatic rings. The van der Waals surface area contributed by atoms with Gasteiger partial charge in [-0.3, -0.25) is 0 Å². The Bertz CT molecular complexity index is 3250. The van der Waals surface area contributed by atoms with E-state index in [1.807, 2.05) is 12.1 Å². The van der Waals surface area contributed by atoms with E-state index in [9.17, 15) is 0 Å². The SMILES string of the molecule is c1ccc(-c2ccc(-c3ccc(N(c4ccc(-c5ccc6ccccc6c5)cc4)c4ccccc4-c4ccc5c(ccc6c7ccccc7oc56)c4)cc3)cc2)cc1. The summed E-state index contributed by atoms with van der Waals surface area (Å²) in [6.07, 6.45) is 0. The lowest BCUT2D eigenvalue weighted by atomic mass is 9.97. The van der Waals surface area contributed by atoms with Gasteiger partial charge in [0.2, 0.25) is 0 Å². The summed E-state index contributed by atoms with van der Waals surface area (Å²) in [5, 5.41) is 7.04. The molecule has 0 spiro atoms. The fourth-order valence-corrected chi connectivity index (χ4v) is 8.48. The average Bonchev–Trinajstić information content (AvgIpc) is 3.69. The standard InChI is InChI=1S/C56H37NO/c1-2-10-38(11-3-1)40-18-20-41(21-19-40)42-24-30-48(31-25-42)57(49-32-26-43(27-33-49)45-23-22-39-12-4-5-13-44(39)36-45)54-16-8-6-14-50(54)46-28-34-51-47(37-46)29-35-53-52-15-7-9-17-55(52)58-56(51)53/h1-37H. The quantitative estimate of drug-likeness (QED) is 0.162. The van der Waals surface area contributed by atoms with Gasteiger partial charge in [0.25, 0.3) is 0 Å². The zero-order valence-corrected chi connectivity index (χ0v) is 31.7. The Morgan fingerprint density at radius 1 is 0.293 bits per heavy atom. The Morgan fingerprint density at radius 3 is 1.53 bits per heavy atom. The van der Waals surface area contributed by atoms with Gasteiger partial charge in [-0.25, -0.2) is 0 Å². The Labute approximate surface area is 337 Å². The van der Waals surface area contributed by atoms with E-state index in [0.29, 0.717) is 0 Å². The molecule has 2 nitrogen and oxygen atoms in total. The normalized spacial score (nSPS) is 11.4. The predicted molar refractivity (Wildman–Crippen MR) is 245 cm³/mol. The molecule has 1 aromatic heterocycles. The Kier molecular flexibility index (Phi) is 8.19. The smallest absolute Gasteiger partial charge is 0.143 e. The van der Waals surface area contributed by atoms with Crippen LogP contribution in [0.25, 0.3) is 88.0 Å². The van der Waals surface area contributed by atoms with Crippen molar-refractivity contribution >= 4 is 60.5 Å². The Morgan fingerprint density at radius 2 is 0.793 bits per heavy atom. The molecular formula is C56H37NO. The van der Waals surface area contributed by atoms with Crippen LogP contribution in [-0.2, 0) is 0 Å². The third kappa shape index (κ3) is 6.00. The highest BCUT2D eigenvalue weighted by atomic mass is 16.3. The second-order valence-electron chi connectivity index (χ2n) is 14.9. The van der Waals surface area contributed by atoms with Crippen molar-refractivity contribution in [1.82, 2.24) is 0 Å². The number of furan rings is 1. The van der Waals surface area contributed by atoms with Crippen LogP contribution in [0.3, 0.4) is 0 Å². The van der Waals surface area contributed by atoms with Crippen molar-refractivity contribution < 1.29 is 4.42 Å². The molecule has 0 saturated heterocycles. The molecular weight excluding hydrogens is 703 g/mol. The molecule has 0 amide bonds. The summed E-state index contributed by atoms with van der Waals surface area (Å²) in [4.78, 5) is 2.38. The van der Waals surface area contributed by atoms with Gasteiger partial charge in [-0.05, 0) is 116 Å². The van der Waals surface area contributed by atoms with Gasteiger partial charge >= 0.3 is 0 Å². The third-order valence-corrected chi connectivity index (χ3v) is 11.5. The van der Waals surface area contributed by atoms with E-state index >= 15 is 0 Å². The molecule has 0 bridgehead atoms. The van der Waals surface area contributed by atoms with Crippen LogP contribution in [-0.4, -0.2) is 0 Å². The molecule has 0 unspecified atom stereocenters. The number of hydrogen-bond donors (Lipinski definition) is 0. The van der Waals surface area contributed by atoms with Crippen LogP contribution in [0.4, 0.5) is 17.1 Å². The van der Waals surface area contributed by atoms with Crippen LogP contribution in [0.2, 0.25) is 0 Å². The lowest BCUT2D eigenvalue weighted by molar-refractivity contribution is 0.672. The minimum absolute atomic E-state index is 0.914. The van der Waals surface area contributed by atoms with Crippen LogP contribution in [0.1, 0.15) is 0 Å². The highest BCUT2D eigenvalue weighted by molar-refractivity contribution is 6.15. The number of benzene rings is 10.